The molecule has 8 heteroatoms. The molecule has 0 aliphatic heterocycles. The van der Waals surface area contributed by atoms with Gasteiger partial charge in [0.25, 0.3) is 0 Å². The van der Waals surface area contributed by atoms with Crippen LogP contribution in [0.5, 0.6) is 5.75 Å². The van der Waals surface area contributed by atoms with Crippen molar-refractivity contribution in [3.05, 3.63) is 53.6 Å². The Bertz CT molecular complexity index is 912. The van der Waals surface area contributed by atoms with Crippen LogP contribution in [0.25, 0.3) is 0 Å². The highest BCUT2D eigenvalue weighted by Crippen LogP contribution is 2.24. The molecule has 3 N–H and O–H groups in total. The van der Waals surface area contributed by atoms with Gasteiger partial charge in [-0.05, 0) is 66.8 Å². The van der Waals surface area contributed by atoms with Gasteiger partial charge in [0.2, 0.25) is 0 Å². The summed E-state index contributed by atoms with van der Waals surface area (Å²) in [6.45, 7) is 0.752. The Labute approximate surface area is 177 Å². The van der Waals surface area contributed by atoms with Crippen molar-refractivity contribution < 1.29 is 13.2 Å². The average Bonchev–Trinajstić information content (AvgIpc) is 3.06. The number of benzene rings is 2. The number of halogens is 1. The van der Waals surface area contributed by atoms with E-state index in [0.717, 1.165) is 18.5 Å². The first-order valence-corrected chi connectivity index (χ1v) is 10.4. The highest BCUT2D eigenvalue weighted by molar-refractivity contribution is 14.0. The van der Waals surface area contributed by atoms with Gasteiger partial charge < -0.3 is 15.8 Å². The zero-order chi connectivity index (χ0) is 18.6. The van der Waals surface area contributed by atoms with Crippen LogP contribution in [0.2, 0.25) is 0 Å². The maximum Gasteiger partial charge on any atom is 0.193 e. The molecule has 1 aliphatic carbocycles. The van der Waals surface area contributed by atoms with Gasteiger partial charge in [0.05, 0.1) is 11.4 Å². The number of hydrogen-bond donors (Lipinski definition) is 2. The zero-order valence-electron chi connectivity index (χ0n) is 15.1. The summed E-state index contributed by atoms with van der Waals surface area (Å²) in [6.07, 6.45) is 4.66. The molecule has 0 amide bonds. The number of nitrogens with two attached hydrogens (primary N) is 1. The lowest BCUT2D eigenvalue weighted by molar-refractivity contribution is 0.328. The highest BCUT2D eigenvalue weighted by atomic mass is 127. The minimum absolute atomic E-state index is 0. The molecule has 2 aromatic rings. The Morgan fingerprint density at radius 3 is 2.56 bits per heavy atom. The number of ether oxygens (including phenoxy) is 1. The second-order valence-corrected chi connectivity index (χ2v) is 8.34. The molecule has 0 bridgehead atoms. The van der Waals surface area contributed by atoms with Crippen LogP contribution in [0.3, 0.4) is 0 Å². The van der Waals surface area contributed by atoms with Crippen LogP contribution < -0.4 is 15.8 Å². The number of aryl methyl sites for hydroxylation is 2. The van der Waals surface area contributed by atoms with Gasteiger partial charge in [-0.1, -0.05) is 6.07 Å². The molecule has 0 fully saturated rings. The minimum Gasteiger partial charge on any atom is -0.492 e. The highest BCUT2D eigenvalue weighted by Gasteiger charge is 2.11. The van der Waals surface area contributed by atoms with E-state index in [9.17, 15) is 8.42 Å². The third kappa shape index (κ3) is 6.10. The molecule has 0 saturated heterocycles. The second kappa shape index (κ2) is 9.41. The van der Waals surface area contributed by atoms with Gasteiger partial charge in [-0.2, -0.15) is 0 Å². The number of sulfone groups is 1. The van der Waals surface area contributed by atoms with E-state index in [1.54, 1.807) is 12.1 Å². The second-order valence-electron chi connectivity index (χ2n) is 6.32. The Morgan fingerprint density at radius 1 is 1.15 bits per heavy atom. The molecular weight excluding hydrogens is 477 g/mol. The molecule has 0 heterocycles. The number of nitrogens with one attached hydrogen (secondary N) is 1. The molecule has 0 atom stereocenters. The lowest BCUT2D eigenvalue weighted by Gasteiger charge is -2.08. The zero-order valence-corrected chi connectivity index (χ0v) is 18.3. The fourth-order valence-electron chi connectivity index (χ4n) is 2.95. The average molecular weight is 501 g/mol. The molecule has 2 aromatic carbocycles. The van der Waals surface area contributed by atoms with Crippen molar-refractivity contribution in [3.8, 4) is 5.75 Å². The van der Waals surface area contributed by atoms with Crippen molar-refractivity contribution in [2.45, 2.75) is 24.2 Å². The number of hydrogen-bond acceptors (Lipinski definition) is 4. The van der Waals surface area contributed by atoms with Crippen LogP contribution in [-0.2, 0) is 22.7 Å². The summed E-state index contributed by atoms with van der Waals surface area (Å²) >= 11 is 0. The number of fused-ring (bicyclic) bond motifs is 1. The first kappa shape index (κ1) is 21.5. The summed E-state index contributed by atoms with van der Waals surface area (Å²) in [5.41, 5.74) is 9.66. The molecule has 3 rings (SSSR count). The van der Waals surface area contributed by atoms with Gasteiger partial charge in [0.15, 0.2) is 15.8 Å². The predicted molar refractivity (Wildman–Crippen MR) is 119 cm³/mol. The monoisotopic (exact) mass is 501 g/mol. The van der Waals surface area contributed by atoms with Gasteiger partial charge in [-0.15, -0.1) is 24.0 Å². The van der Waals surface area contributed by atoms with Crippen molar-refractivity contribution in [1.29, 1.82) is 0 Å². The van der Waals surface area contributed by atoms with Crippen molar-refractivity contribution in [1.82, 2.24) is 0 Å². The molecule has 0 aromatic heterocycles. The fraction of sp³-hybridized carbons (Fsp3) is 0.316. The molecule has 0 radical (unpaired) electrons. The molecule has 146 valence electrons. The third-order valence-electron chi connectivity index (χ3n) is 4.26. The number of aliphatic imine (C=N–C) groups is 1. The van der Waals surface area contributed by atoms with E-state index < -0.39 is 9.84 Å². The SMILES string of the molecule is CS(=O)(=O)c1ccc(OCCN=C(N)Nc2ccc3c(c2)CCC3)cc1.I. The Kier molecular flexibility index (Phi) is 7.49. The van der Waals surface area contributed by atoms with Crippen LogP contribution in [0, 0.1) is 0 Å². The maximum atomic E-state index is 11.4. The van der Waals surface area contributed by atoms with Gasteiger partial charge in [-0.25, -0.2) is 13.4 Å². The standard InChI is InChI=1S/C19H23N3O3S.HI/c1-26(23,24)18-9-7-17(8-10-18)25-12-11-21-19(20)22-16-6-5-14-3-2-4-15(14)13-16;/h5-10,13H,2-4,11-12H2,1H3,(H3,20,21,22);1H. The number of rotatable bonds is 6. The van der Waals surface area contributed by atoms with Crippen molar-refractivity contribution in [3.63, 3.8) is 0 Å². The quantitative estimate of drug-likeness (QED) is 0.275. The normalized spacial score (nSPS) is 13.6. The lowest BCUT2D eigenvalue weighted by atomic mass is 10.1. The van der Waals surface area contributed by atoms with Gasteiger partial charge in [-0.3, -0.25) is 0 Å². The van der Waals surface area contributed by atoms with E-state index in [1.165, 1.54) is 35.9 Å². The van der Waals surface area contributed by atoms with Crippen LogP contribution >= 0.6 is 24.0 Å². The summed E-state index contributed by atoms with van der Waals surface area (Å²) in [4.78, 5) is 4.52. The summed E-state index contributed by atoms with van der Waals surface area (Å²) in [7, 11) is -3.19. The van der Waals surface area contributed by atoms with Gasteiger partial charge >= 0.3 is 0 Å². The van der Waals surface area contributed by atoms with E-state index in [1.807, 2.05) is 6.07 Å². The van der Waals surface area contributed by atoms with E-state index in [-0.39, 0.29) is 28.9 Å². The molecule has 1 aliphatic rings. The minimum atomic E-state index is -3.19. The molecule has 6 nitrogen and oxygen atoms in total. The fourth-order valence-corrected chi connectivity index (χ4v) is 3.58. The summed E-state index contributed by atoms with van der Waals surface area (Å²) in [6, 6.07) is 12.6. The Hall–Kier alpha value is -1.81. The van der Waals surface area contributed by atoms with Gasteiger partial charge in [0, 0.05) is 11.9 Å². The Balaban J connectivity index is 0.00000261. The molecule has 0 spiro atoms. The summed E-state index contributed by atoms with van der Waals surface area (Å²) in [5, 5.41) is 3.10. The third-order valence-corrected chi connectivity index (χ3v) is 5.39. The number of anilines is 1. The number of nitrogens with zero attached hydrogens (tertiary/aromatic N) is 1. The number of guanidine groups is 1. The molecule has 0 saturated carbocycles. The first-order valence-electron chi connectivity index (χ1n) is 8.53. The van der Waals surface area contributed by atoms with Crippen LogP contribution in [-0.4, -0.2) is 33.8 Å². The van der Waals surface area contributed by atoms with Crippen molar-refractivity contribution >= 4 is 45.5 Å². The van der Waals surface area contributed by atoms with Crippen molar-refractivity contribution in [2.24, 2.45) is 10.7 Å². The molecule has 0 unspecified atom stereocenters. The first-order chi connectivity index (χ1) is 12.4. The van der Waals surface area contributed by atoms with Crippen LogP contribution in [0.4, 0.5) is 5.69 Å². The molecule has 27 heavy (non-hydrogen) atoms. The largest absolute Gasteiger partial charge is 0.492 e. The van der Waals surface area contributed by atoms with Crippen molar-refractivity contribution in [2.75, 3.05) is 24.7 Å². The van der Waals surface area contributed by atoms with Gasteiger partial charge in [0.1, 0.15) is 12.4 Å². The van der Waals surface area contributed by atoms with E-state index in [2.05, 4.69) is 22.4 Å². The molecular formula is C19H24IN3O3S. The van der Waals surface area contributed by atoms with Crippen LogP contribution in [0.1, 0.15) is 17.5 Å². The lowest BCUT2D eigenvalue weighted by Crippen LogP contribution is -2.23. The summed E-state index contributed by atoms with van der Waals surface area (Å²) in [5.74, 6) is 0.941. The Morgan fingerprint density at radius 2 is 1.85 bits per heavy atom. The topological polar surface area (TPSA) is 93.8 Å². The van der Waals surface area contributed by atoms with E-state index in [0.29, 0.717) is 24.9 Å². The maximum absolute atomic E-state index is 11.4. The van der Waals surface area contributed by atoms with E-state index >= 15 is 0 Å². The van der Waals surface area contributed by atoms with E-state index in [4.69, 9.17) is 10.5 Å². The predicted octanol–water partition coefficient (Wildman–Crippen LogP) is 3.00. The smallest absolute Gasteiger partial charge is 0.193 e. The van der Waals surface area contributed by atoms with Crippen LogP contribution in [0.15, 0.2) is 52.4 Å². The summed E-state index contributed by atoms with van der Waals surface area (Å²) < 4.78 is 28.4.